The van der Waals surface area contributed by atoms with E-state index in [0.717, 1.165) is 5.56 Å². The lowest BCUT2D eigenvalue weighted by atomic mass is 10.0. The van der Waals surface area contributed by atoms with Crippen molar-refractivity contribution in [1.29, 1.82) is 0 Å². The highest BCUT2D eigenvalue weighted by molar-refractivity contribution is 5.96. The average Bonchev–Trinajstić information content (AvgIpc) is 2.58. The van der Waals surface area contributed by atoms with Gasteiger partial charge in [0.15, 0.2) is 0 Å². The molecule has 1 atom stereocenters. The molecule has 0 aliphatic carbocycles. The maximum absolute atomic E-state index is 13.0. The molecule has 0 bridgehead atoms. The Balaban J connectivity index is 1.84. The van der Waals surface area contributed by atoms with Crippen LogP contribution in [0.4, 0.5) is 10.1 Å². The quantitative estimate of drug-likeness (QED) is 0.902. The smallest absolute Gasteiger partial charge is 0.246 e. The molecular formula is C18H18FN3O2. The zero-order valence-corrected chi connectivity index (χ0v) is 13.0. The number of nitrogens with one attached hydrogen (secondary N) is 2. The minimum absolute atomic E-state index is 0.100. The molecule has 5 nitrogen and oxygen atoms in total. The van der Waals surface area contributed by atoms with E-state index in [1.54, 1.807) is 0 Å². The molecule has 0 unspecified atom stereocenters. The number of nitrogens with zero attached hydrogens (tertiary/aromatic N) is 1. The molecule has 124 valence electrons. The van der Waals surface area contributed by atoms with Gasteiger partial charge in [0.25, 0.3) is 0 Å². The Morgan fingerprint density at radius 2 is 1.83 bits per heavy atom. The monoisotopic (exact) mass is 327 g/mol. The number of carbonyl (C=O) groups is 2. The van der Waals surface area contributed by atoms with E-state index in [1.165, 1.54) is 24.3 Å². The number of piperazine rings is 1. The van der Waals surface area contributed by atoms with Gasteiger partial charge in [-0.15, -0.1) is 0 Å². The van der Waals surface area contributed by atoms with Crippen molar-refractivity contribution >= 4 is 17.5 Å². The molecule has 1 aliphatic rings. The van der Waals surface area contributed by atoms with Crippen molar-refractivity contribution in [2.45, 2.75) is 6.04 Å². The zero-order valence-electron chi connectivity index (χ0n) is 13.0. The van der Waals surface area contributed by atoms with Crippen LogP contribution in [0.25, 0.3) is 0 Å². The summed E-state index contributed by atoms with van der Waals surface area (Å²) in [5.41, 5.74) is 1.33. The molecule has 0 spiro atoms. The lowest BCUT2D eigenvalue weighted by Gasteiger charge is -2.33. The lowest BCUT2D eigenvalue weighted by Crippen LogP contribution is -2.51. The van der Waals surface area contributed by atoms with E-state index in [4.69, 9.17) is 0 Å². The zero-order chi connectivity index (χ0) is 16.9. The third kappa shape index (κ3) is 3.78. The van der Waals surface area contributed by atoms with Crippen molar-refractivity contribution in [2.24, 2.45) is 0 Å². The summed E-state index contributed by atoms with van der Waals surface area (Å²) in [5, 5.41) is 5.56. The lowest BCUT2D eigenvalue weighted by molar-refractivity contribution is -0.128. The summed E-state index contributed by atoms with van der Waals surface area (Å²) in [6.07, 6.45) is 0. The van der Waals surface area contributed by atoms with Crippen LogP contribution in [-0.4, -0.2) is 36.3 Å². The fraction of sp³-hybridized carbons (Fsp3) is 0.222. The van der Waals surface area contributed by atoms with E-state index in [2.05, 4.69) is 10.6 Å². The number of amides is 2. The van der Waals surface area contributed by atoms with Crippen LogP contribution >= 0.6 is 0 Å². The highest BCUT2D eigenvalue weighted by Gasteiger charge is 2.31. The molecule has 1 heterocycles. The molecule has 1 fully saturated rings. The van der Waals surface area contributed by atoms with Crippen LogP contribution in [0, 0.1) is 5.82 Å². The van der Waals surface area contributed by atoms with Gasteiger partial charge in [-0.2, -0.15) is 0 Å². The third-order valence-corrected chi connectivity index (χ3v) is 3.91. The summed E-state index contributed by atoms with van der Waals surface area (Å²) < 4.78 is 13.0. The third-order valence-electron chi connectivity index (χ3n) is 3.91. The van der Waals surface area contributed by atoms with Gasteiger partial charge in [0.2, 0.25) is 11.8 Å². The Labute approximate surface area is 139 Å². The molecule has 0 saturated carbocycles. The molecule has 0 aromatic heterocycles. The van der Waals surface area contributed by atoms with E-state index in [9.17, 15) is 14.0 Å². The second-order valence-electron chi connectivity index (χ2n) is 5.63. The average molecular weight is 327 g/mol. The van der Waals surface area contributed by atoms with Crippen molar-refractivity contribution in [1.82, 2.24) is 10.2 Å². The standard InChI is InChI=1S/C18H18FN3O2/c19-14-6-8-15(9-7-14)21-18(24)17(13-4-2-1-3-5-13)22-11-10-20-16(23)12-22/h1-9,17H,10-12H2,(H,20,23)(H,21,24)/t17-/m1/s1. The first-order valence-corrected chi connectivity index (χ1v) is 7.75. The largest absolute Gasteiger partial charge is 0.354 e. The van der Waals surface area contributed by atoms with Gasteiger partial charge in [-0.05, 0) is 29.8 Å². The van der Waals surface area contributed by atoms with Crippen LogP contribution in [0.15, 0.2) is 54.6 Å². The molecule has 24 heavy (non-hydrogen) atoms. The SMILES string of the molecule is O=C1CN([C@@H](C(=O)Nc2ccc(F)cc2)c2ccccc2)CCN1. The number of hydrogen-bond donors (Lipinski definition) is 2. The number of hydrogen-bond acceptors (Lipinski definition) is 3. The van der Waals surface area contributed by atoms with Crippen LogP contribution in [-0.2, 0) is 9.59 Å². The minimum atomic E-state index is -0.581. The van der Waals surface area contributed by atoms with Gasteiger partial charge in [-0.1, -0.05) is 30.3 Å². The van der Waals surface area contributed by atoms with Gasteiger partial charge < -0.3 is 10.6 Å². The van der Waals surface area contributed by atoms with Crippen LogP contribution in [0.3, 0.4) is 0 Å². The van der Waals surface area contributed by atoms with Crippen molar-refractivity contribution in [3.05, 3.63) is 66.0 Å². The maximum Gasteiger partial charge on any atom is 0.246 e. The molecule has 2 aromatic carbocycles. The van der Waals surface area contributed by atoms with Crippen molar-refractivity contribution in [3.63, 3.8) is 0 Å². The summed E-state index contributed by atoms with van der Waals surface area (Å²) >= 11 is 0. The number of anilines is 1. The predicted octanol–water partition coefficient (Wildman–Crippen LogP) is 1.94. The highest BCUT2D eigenvalue weighted by Crippen LogP contribution is 2.23. The normalized spacial score (nSPS) is 16.3. The molecule has 1 saturated heterocycles. The van der Waals surface area contributed by atoms with E-state index < -0.39 is 6.04 Å². The first-order valence-electron chi connectivity index (χ1n) is 7.75. The van der Waals surface area contributed by atoms with E-state index in [1.807, 2.05) is 35.2 Å². The van der Waals surface area contributed by atoms with Gasteiger partial charge >= 0.3 is 0 Å². The van der Waals surface area contributed by atoms with Crippen LogP contribution in [0.1, 0.15) is 11.6 Å². The van der Waals surface area contributed by atoms with Gasteiger partial charge in [0, 0.05) is 18.8 Å². The minimum Gasteiger partial charge on any atom is -0.354 e. The summed E-state index contributed by atoms with van der Waals surface area (Å²) in [4.78, 5) is 26.4. The number of halogens is 1. The van der Waals surface area contributed by atoms with E-state index >= 15 is 0 Å². The van der Waals surface area contributed by atoms with Crippen LogP contribution in [0.5, 0.6) is 0 Å². The van der Waals surface area contributed by atoms with Crippen LogP contribution < -0.4 is 10.6 Å². The predicted molar refractivity (Wildman–Crippen MR) is 88.8 cm³/mol. The van der Waals surface area contributed by atoms with E-state index in [-0.39, 0.29) is 24.2 Å². The van der Waals surface area contributed by atoms with Crippen LogP contribution in [0.2, 0.25) is 0 Å². The molecule has 3 rings (SSSR count). The maximum atomic E-state index is 13.0. The first-order chi connectivity index (χ1) is 11.6. The molecule has 2 aromatic rings. The Bertz CT molecular complexity index is 719. The summed E-state index contributed by atoms with van der Waals surface area (Å²) in [6.45, 7) is 1.25. The molecule has 2 amide bonds. The molecule has 6 heteroatoms. The number of rotatable bonds is 4. The molecule has 1 aliphatic heterocycles. The fourth-order valence-corrected chi connectivity index (χ4v) is 2.79. The fourth-order valence-electron chi connectivity index (χ4n) is 2.79. The summed E-state index contributed by atoms with van der Waals surface area (Å²) in [6, 6.07) is 14.3. The topological polar surface area (TPSA) is 61.4 Å². The Morgan fingerprint density at radius 1 is 1.12 bits per heavy atom. The second kappa shape index (κ2) is 7.23. The number of benzene rings is 2. The van der Waals surface area contributed by atoms with Gasteiger partial charge in [0.1, 0.15) is 11.9 Å². The van der Waals surface area contributed by atoms with Crippen molar-refractivity contribution < 1.29 is 14.0 Å². The van der Waals surface area contributed by atoms with Crippen molar-refractivity contribution in [3.8, 4) is 0 Å². The highest BCUT2D eigenvalue weighted by atomic mass is 19.1. The molecule has 0 radical (unpaired) electrons. The Morgan fingerprint density at radius 3 is 2.50 bits per heavy atom. The Hall–Kier alpha value is -2.73. The second-order valence-corrected chi connectivity index (χ2v) is 5.63. The van der Waals surface area contributed by atoms with E-state index in [0.29, 0.717) is 18.8 Å². The van der Waals surface area contributed by atoms with Crippen molar-refractivity contribution in [2.75, 3.05) is 25.0 Å². The first kappa shape index (κ1) is 16.1. The number of carbonyl (C=O) groups excluding carboxylic acids is 2. The molecule has 2 N–H and O–H groups in total. The van der Waals surface area contributed by atoms with Gasteiger partial charge in [-0.3, -0.25) is 14.5 Å². The van der Waals surface area contributed by atoms with Gasteiger partial charge in [-0.25, -0.2) is 4.39 Å². The van der Waals surface area contributed by atoms with Gasteiger partial charge in [0.05, 0.1) is 6.54 Å². The Kier molecular flexibility index (Phi) is 4.86. The summed E-state index contributed by atoms with van der Waals surface area (Å²) in [5.74, 6) is -0.709. The summed E-state index contributed by atoms with van der Waals surface area (Å²) in [7, 11) is 0. The molecular weight excluding hydrogens is 309 g/mol.